The van der Waals surface area contributed by atoms with Crippen molar-refractivity contribution in [2.45, 2.75) is 0 Å². The standard InChI is InChI=1S/C6H4N2O4.H3P/c9-7(10)5-3-1-2-4-6(5)8(11)12;/h1-4H;1H3. The summed E-state index contributed by atoms with van der Waals surface area (Å²) in [6.07, 6.45) is 0. The molecule has 0 N–H and O–H groups in total. The van der Waals surface area contributed by atoms with Gasteiger partial charge in [-0.15, -0.1) is 0 Å². The molecule has 0 fully saturated rings. The highest BCUT2D eigenvalue weighted by Crippen LogP contribution is 2.24. The fourth-order valence-electron chi connectivity index (χ4n) is 0.773. The number of nitro benzene ring substituents is 2. The van der Waals surface area contributed by atoms with Crippen LogP contribution in [0.2, 0.25) is 0 Å². The molecule has 0 saturated carbocycles. The number of para-hydroxylation sites is 2. The number of hydrogen-bond donors (Lipinski definition) is 0. The second-order valence-electron chi connectivity index (χ2n) is 2.00. The minimum atomic E-state index is -0.780. The predicted octanol–water partition coefficient (Wildman–Crippen LogP) is 1.56. The van der Waals surface area contributed by atoms with Crippen LogP contribution in [0, 0.1) is 20.2 Å². The van der Waals surface area contributed by atoms with Gasteiger partial charge in [0.05, 0.1) is 9.85 Å². The second-order valence-corrected chi connectivity index (χ2v) is 2.00. The van der Waals surface area contributed by atoms with Crippen LogP contribution in [0.25, 0.3) is 0 Å². The Kier molecular flexibility index (Phi) is 3.94. The molecule has 0 aliphatic carbocycles. The average Bonchev–Trinajstić information content (AvgIpc) is 2.04. The lowest BCUT2D eigenvalue weighted by molar-refractivity contribution is -0.422. The van der Waals surface area contributed by atoms with Gasteiger partial charge in [0.15, 0.2) is 0 Å². The molecule has 0 spiro atoms. The fourth-order valence-corrected chi connectivity index (χ4v) is 0.773. The molecule has 6 nitrogen and oxygen atoms in total. The van der Waals surface area contributed by atoms with E-state index in [0.29, 0.717) is 0 Å². The molecule has 1 unspecified atom stereocenters. The maximum Gasteiger partial charge on any atom is 0.346 e. The number of benzene rings is 1. The molecule has 1 aromatic rings. The van der Waals surface area contributed by atoms with E-state index in [1.165, 1.54) is 12.1 Å². The fraction of sp³-hybridized carbons (Fsp3) is 0. The van der Waals surface area contributed by atoms with Crippen molar-refractivity contribution in [3.63, 3.8) is 0 Å². The summed E-state index contributed by atoms with van der Waals surface area (Å²) in [5.41, 5.74) is -0.968. The van der Waals surface area contributed by atoms with Crippen molar-refractivity contribution in [1.29, 1.82) is 0 Å². The summed E-state index contributed by atoms with van der Waals surface area (Å²) in [5, 5.41) is 20.5. The van der Waals surface area contributed by atoms with Crippen LogP contribution in [0.15, 0.2) is 24.3 Å². The number of hydrogen-bond acceptors (Lipinski definition) is 4. The third-order valence-corrected chi connectivity index (χ3v) is 1.28. The predicted molar refractivity (Wildman–Crippen MR) is 50.9 cm³/mol. The van der Waals surface area contributed by atoms with Crippen LogP contribution >= 0.6 is 9.90 Å². The molecule has 0 aliphatic rings. The molecule has 70 valence electrons. The molecular formula is C6H7N2O4P. The molecule has 0 amide bonds. The SMILES string of the molecule is O=[N+]([O-])c1ccccc1[N+](=O)[O-].P. The first-order valence-corrected chi connectivity index (χ1v) is 3.00. The Balaban J connectivity index is 0.00000144. The van der Waals surface area contributed by atoms with Crippen LogP contribution in [0.3, 0.4) is 0 Å². The summed E-state index contributed by atoms with van der Waals surface area (Å²) in [7, 11) is 0. The summed E-state index contributed by atoms with van der Waals surface area (Å²) < 4.78 is 0. The molecule has 0 bridgehead atoms. The van der Waals surface area contributed by atoms with E-state index in [2.05, 4.69) is 0 Å². The van der Waals surface area contributed by atoms with Crippen LogP contribution in [-0.4, -0.2) is 9.85 Å². The summed E-state index contributed by atoms with van der Waals surface area (Å²) in [4.78, 5) is 18.9. The van der Waals surface area contributed by atoms with E-state index in [4.69, 9.17) is 0 Å². The Morgan fingerprint density at radius 1 is 0.923 bits per heavy atom. The van der Waals surface area contributed by atoms with Crippen LogP contribution in [0.1, 0.15) is 0 Å². The van der Waals surface area contributed by atoms with Gasteiger partial charge in [-0.25, -0.2) is 0 Å². The van der Waals surface area contributed by atoms with Crippen molar-refractivity contribution in [2.24, 2.45) is 0 Å². The van der Waals surface area contributed by atoms with Crippen LogP contribution in [0.4, 0.5) is 11.4 Å². The van der Waals surface area contributed by atoms with E-state index in [-0.39, 0.29) is 9.90 Å². The third kappa shape index (κ3) is 2.45. The quantitative estimate of drug-likeness (QED) is 0.413. The first-order valence-electron chi connectivity index (χ1n) is 3.00. The third-order valence-electron chi connectivity index (χ3n) is 1.28. The van der Waals surface area contributed by atoms with Gasteiger partial charge in [-0.3, -0.25) is 20.2 Å². The summed E-state index contributed by atoms with van der Waals surface area (Å²) in [5.74, 6) is 0. The van der Waals surface area contributed by atoms with Gasteiger partial charge in [0.1, 0.15) is 0 Å². The largest absolute Gasteiger partial charge is 0.346 e. The van der Waals surface area contributed by atoms with Crippen LogP contribution < -0.4 is 0 Å². The van der Waals surface area contributed by atoms with E-state index < -0.39 is 21.2 Å². The lowest BCUT2D eigenvalue weighted by Gasteiger charge is -1.91. The van der Waals surface area contributed by atoms with Gasteiger partial charge in [0.25, 0.3) is 0 Å². The second kappa shape index (κ2) is 4.47. The van der Waals surface area contributed by atoms with Gasteiger partial charge in [0.2, 0.25) is 0 Å². The zero-order valence-corrected chi connectivity index (χ0v) is 7.96. The number of rotatable bonds is 2. The van der Waals surface area contributed by atoms with E-state index in [0.717, 1.165) is 12.1 Å². The molecule has 7 heteroatoms. The summed E-state index contributed by atoms with van der Waals surface area (Å²) in [6.45, 7) is 0. The van der Waals surface area contributed by atoms with Crippen molar-refractivity contribution in [3.8, 4) is 0 Å². The first-order chi connectivity index (χ1) is 5.63. The smallest absolute Gasteiger partial charge is 0.258 e. The van der Waals surface area contributed by atoms with Crippen LogP contribution in [-0.2, 0) is 0 Å². The van der Waals surface area contributed by atoms with Crippen molar-refractivity contribution in [2.75, 3.05) is 0 Å². The van der Waals surface area contributed by atoms with Gasteiger partial charge in [-0.2, -0.15) is 9.90 Å². The Morgan fingerprint density at radius 2 is 1.23 bits per heavy atom. The number of nitrogens with zero attached hydrogens (tertiary/aromatic N) is 2. The lowest BCUT2D eigenvalue weighted by atomic mass is 10.3. The van der Waals surface area contributed by atoms with Gasteiger partial charge in [0, 0.05) is 12.1 Å². The van der Waals surface area contributed by atoms with Gasteiger partial charge in [-0.05, 0) is 0 Å². The Morgan fingerprint density at radius 3 is 1.46 bits per heavy atom. The van der Waals surface area contributed by atoms with E-state index >= 15 is 0 Å². The van der Waals surface area contributed by atoms with Gasteiger partial charge < -0.3 is 0 Å². The maximum atomic E-state index is 10.2. The molecule has 0 radical (unpaired) electrons. The molecule has 0 aliphatic heterocycles. The minimum absolute atomic E-state index is 0. The first kappa shape index (κ1) is 11.4. The monoisotopic (exact) mass is 202 g/mol. The molecule has 13 heavy (non-hydrogen) atoms. The van der Waals surface area contributed by atoms with Crippen LogP contribution in [0.5, 0.6) is 0 Å². The number of nitro groups is 2. The summed E-state index contributed by atoms with van der Waals surface area (Å²) in [6, 6.07) is 4.95. The van der Waals surface area contributed by atoms with E-state index in [1.54, 1.807) is 0 Å². The molecule has 1 aromatic carbocycles. The topological polar surface area (TPSA) is 86.3 Å². The van der Waals surface area contributed by atoms with Crippen molar-refractivity contribution in [1.82, 2.24) is 0 Å². The molecule has 0 heterocycles. The molecular weight excluding hydrogens is 195 g/mol. The normalized spacial score (nSPS) is 8.62. The Labute approximate surface area is 76.5 Å². The maximum absolute atomic E-state index is 10.2. The zero-order valence-electron chi connectivity index (χ0n) is 6.54. The van der Waals surface area contributed by atoms with Gasteiger partial charge in [-0.1, -0.05) is 12.1 Å². The highest BCUT2D eigenvalue weighted by atomic mass is 31.0. The van der Waals surface area contributed by atoms with Crippen molar-refractivity contribution in [3.05, 3.63) is 44.5 Å². The van der Waals surface area contributed by atoms with Crippen molar-refractivity contribution >= 4 is 21.3 Å². The average molecular weight is 202 g/mol. The molecule has 0 saturated heterocycles. The Hall–Kier alpha value is -1.55. The Bertz CT molecular complexity index is 308. The molecule has 1 atom stereocenters. The lowest BCUT2D eigenvalue weighted by Crippen LogP contribution is -1.95. The van der Waals surface area contributed by atoms with Gasteiger partial charge >= 0.3 is 11.4 Å². The summed E-state index contributed by atoms with van der Waals surface area (Å²) >= 11 is 0. The molecule has 1 rings (SSSR count). The zero-order chi connectivity index (χ0) is 9.14. The van der Waals surface area contributed by atoms with Crippen molar-refractivity contribution < 1.29 is 9.85 Å². The van der Waals surface area contributed by atoms with E-state index in [9.17, 15) is 20.2 Å². The highest BCUT2D eigenvalue weighted by molar-refractivity contribution is 6.92. The minimum Gasteiger partial charge on any atom is -0.258 e. The molecule has 0 aromatic heterocycles. The van der Waals surface area contributed by atoms with E-state index in [1.807, 2.05) is 0 Å². The highest BCUT2D eigenvalue weighted by Gasteiger charge is 2.21.